The van der Waals surface area contributed by atoms with E-state index in [0.717, 1.165) is 0 Å². The van der Waals surface area contributed by atoms with Gasteiger partial charge in [-0.1, -0.05) is 12.1 Å². The lowest BCUT2D eigenvalue weighted by Crippen LogP contribution is -2.26. The summed E-state index contributed by atoms with van der Waals surface area (Å²) in [6.07, 6.45) is 1.96. The highest BCUT2D eigenvalue weighted by Crippen LogP contribution is 2.53. The largest absolute Gasteiger partial charge is 0.464 e. The van der Waals surface area contributed by atoms with Gasteiger partial charge in [-0.15, -0.1) is 23.2 Å². The number of aromatic nitrogens is 2. The molecule has 1 heterocycles. The Bertz CT molecular complexity index is 757. The zero-order valence-corrected chi connectivity index (χ0v) is 12.5. The summed E-state index contributed by atoms with van der Waals surface area (Å²) in [4.78, 5) is 28.1. The highest BCUT2D eigenvalue weighted by Gasteiger charge is 2.52. The Morgan fingerprint density at radius 3 is 2.86 bits per heavy atom. The minimum absolute atomic E-state index is 0.0313. The van der Waals surface area contributed by atoms with E-state index in [0.29, 0.717) is 17.3 Å². The van der Waals surface area contributed by atoms with Crippen molar-refractivity contribution in [1.29, 1.82) is 0 Å². The molecule has 1 atom stereocenters. The summed E-state index contributed by atoms with van der Waals surface area (Å²) < 4.78 is 5.53. The molecular weight excluding hydrogens is 315 g/mol. The first-order valence-corrected chi connectivity index (χ1v) is 7.20. The highest BCUT2D eigenvalue weighted by atomic mass is 35.5. The summed E-state index contributed by atoms with van der Waals surface area (Å²) >= 11 is 11.7. The summed E-state index contributed by atoms with van der Waals surface area (Å²) in [5.74, 6) is -0.540. The molecule has 1 aliphatic rings. The van der Waals surface area contributed by atoms with Crippen molar-refractivity contribution in [3.63, 3.8) is 0 Å². The van der Waals surface area contributed by atoms with Crippen LogP contribution in [0.15, 0.2) is 35.4 Å². The number of rotatable bonds is 4. The molecule has 0 N–H and O–H groups in total. The van der Waals surface area contributed by atoms with Crippen molar-refractivity contribution in [1.82, 2.24) is 9.55 Å². The molecule has 1 saturated carbocycles. The van der Waals surface area contributed by atoms with Gasteiger partial charge >= 0.3 is 5.97 Å². The quantitative estimate of drug-likeness (QED) is 0.638. The van der Waals surface area contributed by atoms with E-state index in [-0.39, 0.29) is 24.6 Å². The van der Waals surface area contributed by atoms with Gasteiger partial charge in [0.25, 0.3) is 5.56 Å². The summed E-state index contributed by atoms with van der Waals surface area (Å²) in [5.41, 5.74) is 0.326. The van der Waals surface area contributed by atoms with Gasteiger partial charge in [0.1, 0.15) is 10.9 Å². The molecule has 2 aromatic rings. The number of carbonyl (C=O) groups excluding carboxylic acids is 1. The molecule has 0 unspecified atom stereocenters. The van der Waals surface area contributed by atoms with Gasteiger partial charge in [-0.3, -0.25) is 14.2 Å². The maximum absolute atomic E-state index is 12.2. The van der Waals surface area contributed by atoms with E-state index in [1.54, 1.807) is 24.3 Å². The smallest absolute Gasteiger partial charge is 0.326 e. The fraction of sp³-hybridized carbons (Fsp3) is 0.357. The maximum Gasteiger partial charge on any atom is 0.326 e. The molecule has 21 heavy (non-hydrogen) atoms. The molecule has 1 aliphatic carbocycles. The zero-order chi connectivity index (χ0) is 15.0. The summed E-state index contributed by atoms with van der Waals surface area (Å²) in [5, 5.41) is 0.468. The van der Waals surface area contributed by atoms with Crippen LogP contribution in [0.1, 0.15) is 6.42 Å². The topological polar surface area (TPSA) is 61.2 Å². The molecule has 0 radical (unpaired) electrons. The van der Waals surface area contributed by atoms with Crippen LogP contribution in [0.4, 0.5) is 0 Å². The monoisotopic (exact) mass is 326 g/mol. The third kappa shape index (κ3) is 3.04. The number of benzene rings is 1. The summed E-state index contributed by atoms with van der Waals surface area (Å²) in [6.45, 7) is -0.0114. The lowest BCUT2D eigenvalue weighted by atomic mass is 10.2. The number of halogens is 2. The lowest BCUT2D eigenvalue weighted by Gasteiger charge is -2.07. The van der Waals surface area contributed by atoms with Crippen LogP contribution in [-0.4, -0.2) is 26.5 Å². The lowest BCUT2D eigenvalue weighted by molar-refractivity contribution is -0.144. The van der Waals surface area contributed by atoms with Gasteiger partial charge in [-0.25, -0.2) is 4.98 Å². The zero-order valence-electron chi connectivity index (χ0n) is 11.0. The first-order chi connectivity index (χ1) is 9.97. The van der Waals surface area contributed by atoms with Gasteiger partial charge in [-0.2, -0.15) is 0 Å². The van der Waals surface area contributed by atoms with E-state index in [1.807, 2.05) is 0 Å². The third-order valence-electron chi connectivity index (χ3n) is 3.43. The van der Waals surface area contributed by atoms with Crippen LogP contribution in [0.3, 0.4) is 0 Å². The van der Waals surface area contributed by atoms with Crippen molar-refractivity contribution in [3.05, 3.63) is 40.9 Å². The fourth-order valence-electron chi connectivity index (χ4n) is 2.05. The Morgan fingerprint density at radius 2 is 2.14 bits per heavy atom. The number of nitrogens with zero attached hydrogens (tertiary/aromatic N) is 2. The highest BCUT2D eigenvalue weighted by molar-refractivity contribution is 6.50. The van der Waals surface area contributed by atoms with Crippen LogP contribution >= 0.6 is 23.2 Å². The molecule has 0 saturated heterocycles. The van der Waals surface area contributed by atoms with Crippen molar-refractivity contribution >= 4 is 40.1 Å². The van der Waals surface area contributed by atoms with Gasteiger partial charge < -0.3 is 4.74 Å². The second-order valence-corrected chi connectivity index (χ2v) is 6.58. The Balaban J connectivity index is 1.69. The van der Waals surface area contributed by atoms with Crippen molar-refractivity contribution in [2.45, 2.75) is 17.3 Å². The molecule has 7 heteroatoms. The van der Waals surface area contributed by atoms with Crippen LogP contribution in [0.2, 0.25) is 0 Å². The predicted molar refractivity (Wildman–Crippen MR) is 79.5 cm³/mol. The Hall–Kier alpha value is -1.59. The molecule has 0 amide bonds. The second kappa shape index (κ2) is 5.31. The summed E-state index contributed by atoms with van der Waals surface area (Å²) in [7, 11) is 0. The SMILES string of the molecule is O=C(Cn1cnc2ccccc2c1=O)OC[C@@H]1CC1(Cl)Cl. The molecule has 0 aliphatic heterocycles. The molecule has 3 rings (SSSR count). The number of alkyl halides is 2. The molecule has 0 spiro atoms. The van der Waals surface area contributed by atoms with E-state index in [1.165, 1.54) is 10.9 Å². The van der Waals surface area contributed by atoms with E-state index < -0.39 is 10.3 Å². The standard InChI is InChI=1S/C14H12Cl2N2O3/c15-14(16)5-9(14)7-21-12(19)6-18-8-17-11-4-2-1-3-10(11)13(18)20/h1-4,8-9H,5-7H2/t9-/m0/s1. The van der Waals surface area contributed by atoms with Crippen LogP contribution in [0, 0.1) is 5.92 Å². The molecule has 110 valence electrons. The van der Waals surface area contributed by atoms with Crippen molar-refractivity contribution in [2.24, 2.45) is 5.92 Å². The molecule has 1 aromatic carbocycles. The van der Waals surface area contributed by atoms with Crippen molar-refractivity contribution < 1.29 is 9.53 Å². The molecule has 5 nitrogen and oxygen atoms in total. The van der Waals surface area contributed by atoms with Gasteiger partial charge in [0, 0.05) is 5.92 Å². The number of para-hydroxylation sites is 1. The normalized spacial score (nSPS) is 19.4. The minimum Gasteiger partial charge on any atom is -0.464 e. The maximum atomic E-state index is 12.2. The first-order valence-electron chi connectivity index (χ1n) is 6.45. The predicted octanol–water partition coefficient (Wildman–Crippen LogP) is 2.13. The Kier molecular flexibility index (Phi) is 3.63. The number of carbonyl (C=O) groups is 1. The van der Waals surface area contributed by atoms with E-state index in [9.17, 15) is 9.59 Å². The molecule has 0 bridgehead atoms. The number of ether oxygens (including phenoxy) is 1. The number of hydrogen-bond acceptors (Lipinski definition) is 4. The minimum atomic E-state index is -0.776. The van der Waals surface area contributed by atoms with Crippen molar-refractivity contribution in [3.8, 4) is 0 Å². The molecule has 1 aromatic heterocycles. The van der Waals surface area contributed by atoms with E-state index >= 15 is 0 Å². The van der Waals surface area contributed by atoms with Crippen LogP contribution in [-0.2, 0) is 16.1 Å². The third-order valence-corrected chi connectivity index (χ3v) is 4.36. The van der Waals surface area contributed by atoms with Gasteiger partial charge in [0.2, 0.25) is 0 Å². The van der Waals surface area contributed by atoms with Gasteiger partial charge in [0.05, 0.1) is 23.8 Å². The van der Waals surface area contributed by atoms with Gasteiger partial charge in [0.15, 0.2) is 0 Å². The average Bonchev–Trinajstić information content (AvgIpc) is 3.07. The van der Waals surface area contributed by atoms with E-state index in [2.05, 4.69) is 4.98 Å². The van der Waals surface area contributed by atoms with Crippen LogP contribution < -0.4 is 5.56 Å². The van der Waals surface area contributed by atoms with E-state index in [4.69, 9.17) is 27.9 Å². The first kappa shape index (κ1) is 14.4. The number of esters is 1. The molecule has 1 fully saturated rings. The summed E-state index contributed by atoms with van der Waals surface area (Å²) in [6, 6.07) is 6.97. The molecular formula is C14H12Cl2N2O3. The number of fused-ring (bicyclic) bond motifs is 1. The van der Waals surface area contributed by atoms with Crippen molar-refractivity contribution in [2.75, 3.05) is 6.61 Å². The van der Waals surface area contributed by atoms with Crippen LogP contribution in [0.5, 0.6) is 0 Å². The average molecular weight is 327 g/mol. The Labute approximate surface area is 130 Å². The fourth-order valence-corrected chi connectivity index (χ4v) is 2.55. The Morgan fingerprint density at radius 1 is 1.43 bits per heavy atom. The second-order valence-electron chi connectivity index (χ2n) is 5.04. The number of hydrogen-bond donors (Lipinski definition) is 0. The van der Waals surface area contributed by atoms with Crippen LogP contribution in [0.25, 0.3) is 10.9 Å². The van der Waals surface area contributed by atoms with Gasteiger partial charge in [-0.05, 0) is 18.6 Å².